The SMILES string of the molecule is C=CCOC(=O)C(C)(CC=C)C(=O)O. The fourth-order valence-electron chi connectivity index (χ4n) is 0.841. The van der Waals surface area contributed by atoms with Crippen molar-refractivity contribution in [1.29, 1.82) is 0 Å². The number of carbonyl (C=O) groups excluding carboxylic acids is 1. The van der Waals surface area contributed by atoms with E-state index in [1.165, 1.54) is 19.1 Å². The van der Waals surface area contributed by atoms with Gasteiger partial charge in [-0.15, -0.1) is 6.58 Å². The van der Waals surface area contributed by atoms with Crippen LogP contribution in [0.2, 0.25) is 0 Å². The van der Waals surface area contributed by atoms with Crippen LogP contribution in [0.15, 0.2) is 25.3 Å². The molecule has 0 heterocycles. The van der Waals surface area contributed by atoms with Gasteiger partial charge in [-0.2, -0.15) is 0 Å². The highest BCUT2D eigenvalue weighted by molar-refractivity contribution is 5.98. The van der Waals surface area contributed by atoms with Crippen LogP contribution < -0.4 is 0 Å². The molecule has 1 atom stereocenters. The molecule has 4 heteroatoms. The lowest BCUT2D eigenvalue weighted by Gasteiger charge is -2.20. The topological polar surface area (TPSA) is 63.6 Å². The van der Waals surface area contributed by atoms with Gasteiger partial charge in [-0.3, -0.25) is 9.59 Å². The van der Waals surface area contributed by atoms with E-state index in [0.29, 0.717) is 0 Å². The van der Waals surface area contributed by atoms with Crippen LogP contribution in [0, 0.1) is 5.41 Å². The molecular weight excluding hydrogens is 184 g/mol. The monoisotopic (exact) mass is 198 g/mol. The van der Waals surface area contributed by atoms with Gasteiger partial charge in [0.25, 0.3) is 0 Å². The summed E-state index contributed by atoms with van der Waals surface area (Å²) in [5.74, 6) is -1.99. The first-order valence-electron chi connectivity index (χ1n) is 4.11. The van der Waals surface area contributed by atoms with Gasteiger partial charge in [-0.25, -0.2) is 0 Å². The molecule has 0 rings (SSSR count). The molecule has 0 aliphatic rings. The first-order chi connectivity index (χ1) is 6.49. The minimum atomic E-state index is -1.55. The van der Waals surface area contributed by atoms with Crippen molar-refractivity contribution in [2.24, 2.45) is 5.41 Å². The van der Waals surface area contributed by atoms with Gasteiger partial charge in [0, 0.05) is 0 Å². The number of esters is 1. The molecule has 78 valence electrons. The lowest BCUT2D eigenvalue weighted by atomic mass is 9.87. The van der Waals surface area contributed by atoms with Gasteiger partial charge in [0.1, 0.15) is 6.61 Å². The van der Waals surface area contributed by atoms with Crippen LogP contribution in [0.3, 0.4) is 0 Å². The Hall–Kier alpha value is -1.58. The molecule has 0 aliphatic heterocycles. The fraction of sp³-hybridized carbons (Fsp3) is 0.400. The van der Waals surface area contributed by atoms with Crippen LogP contribution in [0.4, 0.5) is 0 Å². The van der Waals surface area contributed by atoms with E-state index in [9.17, 15) is 9.59 Å². The second kappa shape index (κ2) is 5.21. The maximum Gasteiger partial charge on any atom is 0.323 e. The van der Waals surface area contributed by atoms with Gasteiger partial charge in [0.15, 0.2) is 5.41 Å². The molecule has 0 bridgehead atoms. The summed E-state index contributed by atoms with van der Waals surface area (Å²) in [4.78, 5) is 22.2. The lowest BCUT2D eigenvalue weighted by Crippen LogP contribution is -2.37. The molecule has 1 unspecified atom stereocenters. The molecule has 0 saturated heterocycles. The molecule has 0 fully saturated rings. The summed E-state index contributed by atoms with van der Waals surface area (Å²) in [5.41, 5.74) is -1.55. The van der Waals surface area contributed by atoms with E-state index in [0.717, 1.165) is 0 Å². The molecule has 0 aromatic rings. The summed E-state index contributed by atoms with van der Waals surface area (Å²) in [6.07, 6.45) is 2.80. The normalized spacial score (nSPS) is 13.8. The highest BCUT2D eigenvalue weighted by Gasteiger charge is 2.41. The number of aliphatic carboxylic acids is 1. The Morgan fingerprint density at radius 3 is 2.36 bits per heavy atom. The standard InChI is InChI=1S/C10H14O4/c1-4-6-10(3,8(11)12)9(13)14-7-5-2/h4-5H,1-2,6-7H2,3H3,(H,11,12). The Bertz CT molecular complexity index is 257. The number of carbonyl (C=O) groups is 2. The van der Waals surface area contributed by atoms with Gasteiger partial charge in [-0.05, 0) is 13.3 Å². The summed E-state index contributed by atoms with van der Waals surface area (Å²) in [6.45, 7) is 8.08. The fourth-order valence-corrected chi connectivity index (χ4v) is 0.841. The van der Waals surface area contributed by atoms with Crippen LogP contribution >= 0.6 is 0 Å². The van der Waals surface area contributed by atoms with Gasteiger partial charge in [0.05, 0.1) is 0 Å². The maximum absolute atomic E-state index is 11.4. The third-order valence-corrected chi connectivity index (χ3v) is 1.81. The number of carboxylic acids is 1. The molecule has 0 radical (unpaired) electrons. The average molecular weight is 198 g/mol. The van der Waals surface area contributed by atoms with Crippen LogP contribution in [0.25, 0.3) is 0 Å². The smallest absolute Gasteiger partial charge is 0.323 e. The highest BCUT2D eigenvalue weighted by Crippen LogP contribution is 2.24. The second-order valence-electron chi connectivity index (χ2n) is 3.02. The molecule has 0 aromatic heterocycles. The summed E-state index contributed by atoms with van der Waals surface area (Å²) in [5, 5.41) is 8.86. The number of rotatable bonds is 6. The van der Waals surface area contributed by atoms with E-state index in [4.69, 9.17) is 5.11 Å². The summed E-state index contributed by atoms with van der Waals surface area (Å²) in [7, 11) is 0. The zero-order valence-electron chi connectivity index (χ0n) is 8.16. The number of hydrogen-bond acceptors (Lipinski definition) is 3. The first-order valence-corrected chi connectivity index (χ1v) is 4.11. The Balaban J connectivity index is 4.63. The van der Waals surface area contributed by atoms with Crippen molar-refractivity contribution in [3.05, 3.63) is 25.3 Å². The molecule has 0 spiro atoms. The first kappa shape index (κ1) is 12.4. The molecule has 0 aliphatic carbocycles. The molecule has 14 heavy (non-hydrogen) atoms. The van der Waals surface area contributed by atoms with Crippen molar-refractivity contribution in [3.8, 4) is 0 Å². The second-order valence-corrected chi connectivity index (χ2v) is 3.02. The van der Waals surface area contributed by atoms with Gasteiger partial charge < -0.3 is 9.84 Å². The minimum absolute atomic E-state index is 0.0127. The summed E-state index contributed by atoms with van der Waals surface area (Å²) >= 11 is 0. The Morgan fingerprint density at radius 1 is 1.43 bits per heavy atom. The van der Waals surface area contributed by atoms with Gasteiger partial charge >= 0.3 is 11.9 Å². The Kier molecular flexibility index (Phi) is 4.63. The number of ether oxygens (including phenoxy) is 1. The number of carboxylic acid groups (broad SMARTS) is 1. The van der Waals surface area contributed by atoms with Crippen molar-refractivity contribution in [3.63, 3.8) is 0 Å². The van der Waals surface area contributed by atoms with Gasteiger partial charge in [-0.1, -0.05) is 18.7 Å². The molecule has 1 N–H and O–H groups in total. The van der Waals surface area contributed by atoms with Crippen LogP contribution in [0.1, 0.15) is 13.3 Å². The largest absolute Gasteiger partial charge is 0.480 e. The van der Waals surface area contributed by atoms with Gasteiger partial charge in [0.2, 0.25) is 0 Å². The predicted octanol–water partition coefficient (Wildman–Crippen LogP) is 1.38. The van der Waals surface area contributed by atoms with Crippen molar-refractivity contribution in [2.75, 3.05) is 6.61 Å². The van der Waals surface area contributed by atoms with E-state index < -0.39 is 17.4 Å². The molecule has 4 nitrogen and oxygen atoms in total. The third kappa shape index (κ3) is 2.73. The van der Waals surface area contributed by atoms with Crippen LogP contribution in [-0.2, 0) is 14.3 Å². The van der Waals surface area contributed by atoms with Crippen molar-refractivity contribution < 1.29 is 19.4 Å². The minimum Gasteiger partial charge on any atom is -0.480 e. The lowest BCUT2D eigenvalue weighted by molar-refractivity contribution is -0.166. The van der Waals surface area contributed by atoms with Crippen LogP contribution in [-0.4, -0.2) is 23.7 Å². The summed E-state index contributed by atoms with van der Waals surface area (Å²) in [6, 6.07) is 0. The molecule has 0 amide bonds. The highest BCUT2D eigenvalue weighted by atomic mass is 16.5. The maximum atomic E-state index is 11.4. The van der Waals surface area contributed by atoms with Crippen molar-refractivity contribution in [2.45, 2.75) is 13.3 Å². The zero-order valence-corrected chi connectivity index (χ0v) is 8.16. The van der Waals surface area contributed by atoms with E-state index in [2.05, 4.69) is 17.9 Å². The molecule has 0 aromatic carbocycles. The Morgan fingerprint density at radius 2 is 2.00 bits per heavy atom. The van der Waals surface area contributed by atoms with E-state index in [-0.39, 0.29) is 13.0 Å². The predicted molar refractivity (Wildman–Crippen MR) is 51.7 cm³/mol. The zero-order chi connectivity index (χ0) is 11.2. The van der Waals surface area contributed by atoms with Crippen molar-refractivity contribution in [1.82, 2.24) is 0 Å². The molecular formula is C10H14O4. The van der Waals surface area contributed by atoms with E-state index >= 15 is 0 Å². The Labute approximate surface area is 82.9 Å². The van der Waals surface area contributed by atoms with Crippen LogP contribution in [0.5, 0.6) is 0 Å². The molecule has 0 saturated carbocycles. The average Bonchev–Trinajstić information content (AvgIpc) is 2.14. The summed E-state index contributed by atoms with van der Waals surface area (Å²) < 4.78 is 4.68. The quantitative estimate of drug-likeness (QED) is 0.398. The van der Waals surface area contributed by atoms with Crippen molar-refractivity contribution >= 4 is 11.9 Å². The number of hydrogen-bond donors (Lipinski definition) is 1. The van der Waals surface area contributed by atoms with E-state index in [1.54, 1.807) is 0 Å². The third-order valence-electron chi connectivity index (χ3n) is 1.81. The van der Waals surface area contributed by atoms with E-state index in [1.807, 2.05) is 0 Å². The number of allylic oxidation sites excluding steroid dienone is 1.